The topological polar surface area (TPSA) is 73.9 Å². The third-order valence-electron chi connectivity index (χ3n) is 3.56. The highest BCUT2D eigenvalue weighted by molar-refractivity contribution is 5.93. The average Bonchev–Trinajstić information content (AvgIpc) is 2.65. The molecule has 25 heavy (non-hydrogen) atoms. The van der Waals surface area contributed by atoms with E-state index in [-0.39, 0.29) is 23.8 Å². The molecule has 1 amide bonds. The van der Waals surface area contributed by atoms with Crippen LogP contribution in [0.1, 0.15) is 21.5 Å². The van der Waals surface area contributed by atoms with Crippen LogP contribution in [-0.4, -0.2) is 32.7 Å². The zero-order chi connectivity index (χ0) is 18.2. The van der Waals surface area contributed by atoms with E-state index in [1.165, 1.54) is 20.3 Å². The molecule has 6 heteroatoms. The zero-order valence-corrected chi connectivity index (χ0v) is 14.5. The molecule has 2 aromatic carbocycles. The van der Waals surface area contributed by atoms with Gasteiger partial charge in [-0.2, -0.15) is 0 Å². The van der Waals surface area contributed by atoms with Crippen molar-refractivity contribution < 1.29 is 23.8 Å². The highest BCUT2D eigenvalue weighted by Crippen LogP contribution is 2.24. The number of carbonyl (C=O) groups excluding carboxylic acids is 2. The minimum absolute atomic E-state index is 0.202. The van der Waals surface area contributed by atoms with E-state index >= 15 is 0 Å². The van der Waals surface area contributed by atoms with Crippen LogP contribution in [0.4, 0.5) is 0 Å². The van der Waals surface area contributed by atoms with Crippen molar-refractivity contribution in [1.29, 1.82) is 0 Å². The molecule has 0 aliphatic rings. The van der Waals surface area contributed by atoms with Gasteiger partial charge in [0.2, 0.25) is 0 Å². The lowest BCUT2D eigenvalue weighted by molar-refractivity contribution is -0.123. The van der Waals surface area contributed by atoms with E-state index in [9.17, 15) is 9.59 Å². The third kappa shape index (κ3) is 5.24. The fourth-order valence-electron chi connectivity index (χ4n) is 2.13. The molecule has 2 rings (SSSR count). The van der Waals surface area contributed by atoms with Gasteiger partial charge in [0.1, 0.15) is 17.1 Å². The summed E-state index contributed by atoms with van der Waals surface area (Å²) < 4.78 is 15.3. The van der Waals surface area contributed by atoms with Crippen LogP contribution in [0.25, 0.3) is 0 Å². The minimum atomic E-state index is -0.561. The van der Waals surface area contributed by atoms with E-state index in [0.29, 0.717) is 12.3 Å². The molecule has 1 N–H and O–H groups in total. The zero-order valence-electron chi connectivity index (χ0n) is 14.5. The fraction of sp³-hybridized carbons (Fsp3) is 0.263. The Morgan fingerprint density at radius 2 is 1.76 bits per heavy atom. The maximum absolute atomic E-state index is 12.0. The second kappa shape index (κ2) is 8.73. The number of benzene rings is 2. The molecule has 0 atom stereocenters. The number of carbonyl (C=O) groups is 2. The second-order valence-electron chi connectivity index (χ2n) is 5.40. The summed E-state index contributed by atoms with van der Waals surface area (Å²) >= 11 is 0. The smallest absolute Gasteiger partial charge is 0.341 e. The van der Waals surface area contributed by atoms with Gasteiger partial charge in [-0.3, -0.25) is 4.79 Å². The van der Waals surface area contributed by atoms with Gasteiger partial charge < -0.3 is 19.5 Å². The monoisotopic (exact) mass is 343 g/mol. The molecule has 132 valence electrons. The molecule has 6 nitrogen and oxygen atoms in total. The number of nitrogens with one attached hydrogen (secondary N) is 1. The number of amides is 1. The summed E-state index contributed by atoms with van der Waals surface area (Å²) in [6.07, 6.45) is 0. The molecule has 0 saturated heterocycles. The van der Waals surface area contributed by atoms with Crippen LogP contribution in [-0.2, 0) is 16.1 Å². The van der Waals surface area contributed by atoms with E-state index in [0.717, 1.165) is 11.1 Å². The molecular weight excluding hydrogens is 322 g/mol. The van der Waals surface area contributed by atoms with Crippen molar-refractivity contribution in [3.63, 3.8) is 0 Å². The van der Waals surface area contributed by atoms with Crippen LogP contribution in [0.15, 0.2) is 42.5 Å². The van der Waals surface area contributed by atoms with E-state index in [4.69, 9.17) is 14.2 Å². The van der Waals surface area contributed by atoms with Gasteiger partial charge in [0.25, 0.3) is 5.91 Å². The number of rotatable bonds is 7. The summed E-state index contributed by atoms with van der Waals surface area (Å²) in [7, 11) is 2.77. The first-order valence-corrected chi connectivity index (χ1v) is 7.75. The summed E-state index contributed by atoms with van der Waals surface area (Å²) in [6, 6.07) is 12.6. The minimum Gasteiger partial charge on any atom is -0.497 e. The van der Waals surface area contributed by atoms with Crippen LogP contribution in [0.5, 0.6) is 11.5 Å². The van der Waals surface area contributed by atoms with Crippen LogP contribution in [0.3, 0.4) is 0 Å². The highest BCUT2D eigenvalue weighted by Gasteiger charge is 2.15. The van der Waals surface area contributed by atoms with Gasteiger partial charge in [-0.1, -0.05) is 29.8 Å². The van der Waals surface area contributed by atoms with E-state index < -0.39 is 5.97 Å². The molecule has 0 spiro atoms. The summed E-state index contributed by atoms with van der Waals surface area (Å²) in [6.45, 7) is 2.21. The SMILES string of the molecule is COC(=O)c1cc(OC)ccc1OCC(=O)NCc1ccc(C)cc1. The van der Waals surface area contributed by atoms with Crippen molar-refractivity contribution >= 4 is 11.9 Å². The lowest BCUT2D eigenvalue weighted by Crippen LogP contribution is -2.28. The summed E-state index contributed by atoms with van der Waals surface area (Å²) in [5, 5.41) is 2.77. The number of methoxy groups -OCH3 is 2. The Hall–Kier alpha value is -3.02. The highest BCUT2D eigenvalue weighted by atomic mass is 16.5. The molecule has 0 heterocycles. The Labute approximate surface area is 146 Å². The maximum atomic E-state index is 12.0. The Kier molecular flexibility index (Phi) is 6.39. The van der Waals surface area contributed by atoms with Crippen molar-refractivity contribution in [2.75, 3.05) is 20.8 Å². The van der Waals surface area contributed by atoms with E-state index in [1.54, 1.807) is 12.1 Å². The fourth-order valence-corrected chi connectivity index (χ4v) is 2.13. The summed E-state index contributed by atoms with van der Waals surface area (Å²) in [5.41, 5.74) is 2.36. The predicted octanol–water partition coefficient (Wildman–Crippen LogP) is 2.49. The summed E-state index contributed by atoms with van der Waals surface area (Å²) in [5.74, 6) is -0.0871. The Balaban J connectivity index is 1.94. The van der Waals surface area contributed by atoms with Gasteiger partial charge in [0.15, 0.2) is 6.61 Å². The number of aryl methyl sites for hydroxylation is 1. The van der Waals surface area contributed by atoms with Crippen molar-refractivity contribution in [2.45, 2.75) is 13.5 Å². The Bertz CT molecular complexity index is 740. The van der Waals surface area contributed by atoms with E-state index in [2.05, 4.69) is 5.32 Å². The molecule has 0 bridgehead atoms. The molecular formula is C19H21NO5. The van der Waals surface area contributed by atoms with Crippen LogP contribution < -0.4 is 14.8 Å². The third-order valence-corrected chi connectivity index (χ3v) is 3.56. The van der Waals surface area contributed by atoms with Gasteiger partial charge in [-0.05, 0) is 30.7 Å². The van der Waals surface area contributed by atoms with Gasteiger partial charge >= 0.3 is 5.97 Å². The van der Waals surface area contributed by atoms with Crippen LogP contribution in [0.2, 0.25) is 0 Å². The number of hydrogen-bond donors (Lipinski definition) is 1. The van der Waals surface area contributed by atoms with Gasteiger partial charge in [0, 0.05) is 6.54 Å². The Morgan fingerprint density at radius 3 is 2.40 bits per heavy atom. The quantitative estimate of drug-likeness (QED) is 0.782. The van der Waals surface area contributed by atoms with Crippen LogP contribution >= 0.6 is 0 Å². The number of hydrogen-bond acceptors (Lipinski definition) is 5. The van der Waals surface area contributed by atoms with Crippen molar-refractivity contribution in [2.24, 2.45) is 0 Å². The van der Waals surface area contributed by atoms with Crippen LogP contribution in [0, 0.1) is 6.92 Å². The first kappa shape index (κ1) is 18.3. The normalized spacial score (nSPS) is 10.0. The second-order valence-corrected chi connectivity index (χ2v) is 5.40. The van der Waals surface area contributed by atoms with E-state index in [1.807, 2.05) is 31.2 Å². The molecule has 0 aliphatic heterocycles. The van der Waals surface area contributed by atoms with Crippen molar-refractivity contribution in [3.8, 4) is 11.5 Å². The number of ether oxygens (including phenoxy) is 3. The molecule has 0 radical (unpaired) electrons. The van der Waals surface area contributed by atoms with Crippen molar-refractivity contribution in [3.05, 3.63) is 59.2 Å². The van der Waals surface area contributed by atoms with Gasteiger partial charge in [-0.15, -0.1) is 0 Å². The van der Waals surface area contributed by atoms with Crippen molar-refractivity contribution in [1.82, 2.24) is 5.32 Å². The standard InChI is InChI=1S/C19H21NO5/c1-13-4-6-14(7-5-13)11-20-18(21)12-25-17-9-8-15(23-2)10-16(17)19(22)24-3/h4-10H,11-12H2,1-3H3,(H,20,21). The molecule has 0 unspecified atom stereocenters. The number of esters is 1. The molecule has 2 aromatic rings. The maximum Gasteiger partial charge on any atom is 0.341 e. The average molecular weight is 343 g/mol. The molecule has 0 fully saturated rings. The predicted molar refractivity (Wildman–Crippen MR) is 92.9 cm³/mol. The Morgan fingerprint density at radius 1 is 1.04 bits per heavy atom. The van der Waals surface area contributed by atoms with Gasteiger partial charge in [0.05, 0.1) is 14.2 Å². The molecule has 0 saturated carbocycles. The van der Waals surface area contributed by atoms with Gasteiger partial charge in [-0.25, -0.2) is 4.79 Å². The molecule has 0 aliphatic carbocycles. The first-order chi connectivity index (χ1) is 12.0. The lowest BCUT2D eigenvalue weighted by Gasteiger charge is -2.12. The lowest BCUT2D eigenvalue weighted by atomic mass is 10.1. The largest absolute Gasteiger partial charge is 0.497 e. The molecule has 0 aromatic heterocycles. The first-order valence-electron chi connectivity index (χ1n) is 7.75. The summed E-state index contributed by atoms with van der Waals surface area (Å²) in [4.78, 5) is 23.8.